The van der Waals surface area contributed by atoms with Gasteiger partial charge in [-0.2, -0.15) is 0 Å². The third-order valence-electron chi connectivity index (χ3n) is 5.43. The van der Waals surface area contributed by atoms with Crippen LogP contribution in [-0.4, -0.2) is 26.4 Å². The maximum absolute atomic E-state index is 12.5. The van der Waals surface area contributed by atoms with E-state index in [9.17, 15) is 4.79 Å². The van der Waals surface area contributed by atoms with Crippen molar-refractivity contribution in [2.75, 3.05) is 11.1 Å². The van der Waals surface area contributed by atoms with Crippen molar-refractivity contribution in [3.05, 3.63) is 64.5 Å². The Labute approximate surface area is 188 Å². The number of thioether (sulfide) groups is 1. The van der Waals surface area contributed by atoms with Crippen molar-refractivity contribution in [3.8, 4) is 5.75 Å². The number of benzene rings is 2. The molecule has 0 aliphatic carbocycles. The predicted molar refractivity (Wildman–Crippen MR) is 126 cm³/mol. The first kappa shape index (κ1) is 22.9. The number of nitrogens with zero attached hydrogens (tertiary/aromatic N) is 3. The van der Waals surface area contributed by atoms with Gasteiger partial charge in [-0.15, -0.1) is 10.2 Å². The van der Waals surface area contributed by atoms with Crippen LogP contribution in [0.15, 0.2) is 41.6 Å². The summed E-state index contributed by atoms with van der Waals surface area (Å²) in [5, 5.41) is 12.4. The molecule has 1 heterocycles. The van der Waals surface area contributed by atoms with Crippen molar-refractivity contribution < 1.29 is 9.53 Å². The maximum atomic E-state index is 12.5. The molecule has 2 aromatic carbocycles. The van der Waals surface area contributed by atoms with E-state index in [2.05, 4.69) is 35.4 Å². The highest BCUT2D eigenvalue weighted by molar-refractivity contribution is 7.99. The van der Waals surface area contributed by atoms with Gasteiger partial charge in [0.25, 0.3) is 0 Å². The lowest BCUT2D eigenvalue weighted by Gasteiger charge is -2.16. The largest absolute Gasteiger partial charge is 0.483 e. The number of anilines is 1. The van der Waals surface area contributed by atoms with Crippen molar-refractivity contribution >= 4 is 23.4 Å². The van der Waals surface area contributed by atoms with Gasteiger partial charge >= 0.3 is 0 Å². The van der Waals surface area contributed by atoms with Crippen LogP contribution in [0.1, 0.15) is 48.0 Å². The van der Waals surface area contributed by atoms with Gasteiger partial charge in [0.05, 0.1) is 5.75 Å². The molecule has 31 heavy (non-hydrogen) atoms. The zero-order chi connectivity index (χ0) is 22.5. The molecule has 0 fully saturated rings. The molecule has 0 bridgehead atoms. The Kier molecular flexibility index (Phi) is 7.38. The SMILES string of the molecule is CCn1c(SCC(=O)Nc2cccc(C)c2C)nnc1C(C)Oc1ccc(C)c(C)c1. The number of ether oxygens (including phenoxy) is 1. The number of carbonyl (C=O) groups excluding carboxylic acids is 1. The first-order valence-electron chi connectivity index (χ1n) is 10.5. The van der Waals surface area contributed by atoms with Gasteiger partial charge in [-0.1, -0.05) is 30.0 Å². The zero-order valence-corrected chi connectivity index (χ0v) is 19.8. The van der Waals surface area contributed by atoms with Crippen LogP contribution >= 0.6 is 11.8 Å². The van der Waals surface area contributed by atoms with Crippen LogP contribution in [0.5, 0.6) is 5.75 Å². The first-order chi connectivity index (χ1) is 14.8. The topological polar surface area (TPSA) is 69.0 Å². The van der Waals surface area contributed by atoms with Crippen LogP contribution in [0.2, 0.25) is 0 Å². The molecule has 164 valence electrons. The third-order valence-corrected chi connectivity index (χ3v) is 6.39. The Balaban J connectivity index is 1.65. The average molecular weight is 439 g/mol. The van der Waals surface area contributed by atoms with E-state index in [1.54, 1.807) is 0 Å². The normalized spacial score (nSPS) is 11.9. The minimum absolute atomic E-state index is 0.0645. The van der Waals surface area contributed by atoms with Crippen molar-refractivity contribution in [1.29, 1.82) is 0 Å². The second-order valence-corrected chi connectivity index (χ2v) is 8.62. The molecular formula is C24H30N4O2S. The molecule has 0 aliphatic rings. The van der Waals surface area contributed by atoms with E-state index in [1.165, 1.54) is 22.9 Å². The number of aromatic nitrogens is 3. The quantitative estimate of drug-likeness (QED) is 0.477. The fourth-order valence-electron chi connectivity index (χ4n) is 3.25. The van der Waals surface area contributed by atoms with Crippen molar-refractivity contribution in [1.82, 2.24) is 14.8 Å². The van der Waals surface area contributed by atoms with Gasteiger partial charge in [-0.05, 0) is 82.0 Å². The van der Waals surface area contributed by atoms with Crippen LogP contribution in [0.3, 0.4) is 0 Å². The van der Waals surface area contributed by atoms with E-state index >= 15 is 0 Å². The maximum Gasteiger partial charge on any atom is 0.234 e. The van der Waals surface area contributed by atoms with Crippen molar-refractivity contribution in [2.24, 2.45) is 0 Å². The van der Waals surface area contributed by atoms with Crippen molar-refractivity contribution in [3.63, 3.8) is 0 Å². The van der Waals surface area contributed by atoms with Gasteiger partial charge in [-0.3, -0.25) is 4.79 Å². The summed E-state index contributed by atoms with van der Waals surface area (Å²) in [5.74, 6) is 1.75. The number of aryl methyl sites for hydroxylation is 3. The third kappa shape index (κ3) is 5.47. The molecule has 1 N–H and O–H groups in total. The highest BCUT2D eigenvalue weighted by Gasteiger charge is 2.20. The highest BCUT2D eigenvalue weighted by atomic mass is 32.2. The summed E-state index contributed by atoms with van der Waals surface area (Å²) in [6.07, 6.45) is -0.257. The monoisotopic (exact) mass is 438 g/mol. The molecule has 6 nitrogen and oxygen atoms in total. The molecule has 0 spiro atoms. The number of hydrogen-bond acceptors (Lipinski definition) is 5. The molecule has 3 aromatic rings. The molecule has 1 amide bonds. The number of nitrogens with one attached hydrogen (secondary N) is 1. The standard InChI is InChI=1S/C24H30N4O2S/c1-7-28-23(19(6)30-20-12-11-15(2)17(4)13-20)26-27-24(28)31-14-22(29)25-21-10-8-9-16(3)18(21)5/h8-13,19H,7,14H2,1-6H3,(H,25,29). The van der Waals surface area contributed by atoms with E-state index in [4.69, 9.17) is 4.74 Å². The Morgan fingerprint density at radius 3 is 2.58 bits per heavy atom. The Bertz CT molecular complexity index is 1080. The summed E-state index contributed by atoms with van der Waals surface area (Å²) in [6.45, 7) is 12.9. The summed E-state index contributed by atoms with van der Waals surface area (Å²) in [4.78, 5) is 12.5. The number of carbonyl (C=O) groups is 1. The van der Waals surface area contributed by atoms with Gasteiger partial charge in [0, 0.05) is 12.2 Å². The van der Waals surface area contributed by atoms with Crippen LogP contribution in [0.4, 0.5) is 5.69 Å². The van der Waals surface area contributed by atoms with Gasteiger partial charge in [0.1, 0.15) is 5.75 Å². The van der Waals surface area contributed by atoms with Crippen molar-refractivity contribution in [2.45, 2.75) is 59.3 Å². The fourth-order valence-corrected chi connectivity index (χ4v) is 4.06. The van der Waals surface area contributed by atoms with Crippen LogP contribution in [-0.2, 0) is 11.3 Å². The molecule has 1 aromatic heterocycles. The average Bonchev–Trinajstić information content (AvgIpc) is 3.15. The number of rotatable bonds is 8. The number of hydrogen-bond donors (Lipinski definition) is 1. The Morgan fingerprint density at radius 1 is 1.10 bits per heavy atom. The lowest BCUT2D eigenvalue weighted by Crippen LogP contribution is -2.16. The summed E-state index contributed by atoms with van der Waals surface area (Å²) in [5.41, 5.74) is 5.50. The molecule has 0 aliphatic heterocycles. The lowest BCUT2D eigenvalue weighted by atomic mass is 10.1. The van der Waals surface area contributed by atoms with Gasteiger partial charge in [-0.25, -0.2) is 0 Å². The Hall–Kier alpha value is -2.80. The molecule has 7 heteroatoms. The second kappa shape index (κ2) is 10.0. The lowest BCUT2D eigenvalue weighted by molar-refractivity contribution is -0.113. The summed E-state index contributed by atoms with van der Waals surface area (Å²) in [6, 6.07) is 12.0. The highest BCUT2D eigenvalue weighted by Crippen LogP contribution is 2.26. The van der Waals surface area contributed by atoms with E-state index in [1.807, 2.05) is 62.6 Å². The molecule has 1 unspecified atom stereocenters. The second-order valence-electron chi connectivity index (χ2n) is 7.68. The van der Waals surface area contributed by atoms with E-state index in [-0.39, 0.29) is 17.8 Å². The minimum Gasteiger partial charge on any atom is -0.483 e. The number of amides is 1. The Morgan fingerprint density at radius 2 is 1.87 bits per heavy atom. The molecule has 0 saturated carbocycles. The van der Waals surface area contributed by atoms with Gasteiger partial charge in [0.15, 0.2) is 17.1 Å². The van der Waals surface area contributed by atoms with E-state index in [0.717, 1.165) is 28.4 Å². The van der Waals surface area contributed by atoms with Gasteiger partial charge in [0.2, 0.25) is 5.91 Å². The molecule has 1 atom stereocenters. The summed E-state index contributed by atoms with van der Waals surface area (Å²) in [7, 11) is 0. The zero-order valence-electron chi connectivity index (χ0n) is 19.0. The van der Waals surface area contributed by atoms with Crippen LogP contribution < -0.4 is 10.1 Å². The fraction of sp³-hybridized carbons (Fsp3) is 0.375. The van der Waals surface area contributed by atoms with E-state index in [0.29, 0.717) is 11.7 Å². The molecular weight excluding hydrogens is 408 g/mol. The first-order valence-corrected chi connectivity index (χ1v) is 11.4. The van der Waals surface area contributed by atoms with E-state index < -0.39 is 0 Å². The molecule has 3 rings (SSSR count). The van der Waals surface area contributed by atoms with Gasteiger partial charge < -0.3 is 14.6 Å². The van der Waals surface area contributed by atoms with Crippen LogP contribution in [0.25, 0.3) is 0 Å². The molecule has 0 radical (unpaired) electrons. The summed E-state index contributed by atoms with van der Waals surface area (Å²) < 4.78 is 8.11. The summed E-state index contributed by atoms with van der Waals surface area (Å²) >= 11 is 1.38. The smallest absolute Gasteiger partial charge is 0.234 e. The van der Waals surface area contributed by atoms with Crippen LogP contribution in [0, 0.1) is 27.7 Å². The minimum atomic E-state index is -0.257. The predicted octanol–water partition coefficient (Wildman–Crippen LogP) is 5.40. The molecule has 0 saturated heterocycles.